The van der Waals surface area contributed by atoms with Gasteiger partial charge in [-0.15, -0.1) is 0 Å². The molecule has 0 atom stereocenters. The van der Waals surface area contributed by atoms with Gasteiger partial charge in [0.05, 0.1) is 5.69 Å². The second-order valence-corrected chi connectivity index (χ2v) is 5.07. The molecule has 0 saturated carbocycles. The molecule has 0 saturated heterocycles. The minimum absolute atomic E-state index is 0.263. The van der Waals surface area contributed by atoms with Crippen LogP contribution in [0.3, 0.4) is 0 Å². The second-order valence-electron chi connectivity index (χ2n) is 4.64. The summed E-state index contributed by atoms with van der Waals surface area (Å²) in [6.45, 7) is 0.385. The Morgan fingerprint density at radius 3 is 2.62 bits per heavy atom. The number of hydrogen-bond acceptors (Lipinski definition) is 2. The molecule has 5 heteroatoms. The largest absolute Gasteiger partial charge is 0.381 e. The Labute approximate surface area is 126 Å². The molecule has 106 valence electrons. The van der Waals surface area contributed by atoms with Crippen molar-refractivity contribution in [2.75, 3.05) is 5.32 Å². The smallest absolute Gasteiger partial charge is 0.128 e. The van der Waals surface area contributed by atoms with Crippen LogP contribution in [0.15, 0.2) is 54.7 Å². The van der Waals surface area contributed by atoms with Crippen LogP contribution in [0.2, 0.25) is 5.02 Å². The van der Waals surface area contributed by atoms with E-state index in [4.69, 9.17) is 11.6 Å². The van der Waals surface area contributed by atoms with Crippen molar-refractivity contribution in [3.63, 3.8) is 0 Å². The first kappa shape index (κ1) is 13.6. The summed E-state index contributed by atoms with van der Waals surface area (Å²) in [6.07, 6.45) is 1.71. The summed E-state index contributed by atoms with van der Waals surface area (Å²) in [5.41, 5.74) is 3.47. The fourth-order valence-electron chi connectivity index (χ4n) is 2.06. The van der Waals surface area contributed by atoms with Gasteiger partial charge in [-0.05, 0) is 42.0 Å². The Bertz CT molecular complexity index is 724. The topological polar surface area (TPSA) is 40.7 Å². The van der Waals surface area contributed by atoms with Crippen molar-refractivity contribution in [2.45, 2.75) is 6.54 Å². The van der Waals surface area contributed by atoms with Crippen molar-refractivity contribution in [1.82, 2.24) is 10.2 Å². The highest BCUT2D eigenvalue weighted by Gasteiger charge is 2.03. The van der Waals surface area contributed by atoms with E-state index in [1.165, 1.54) is 6.07 Å². The Hall–Kier alpha value is -2.33. The van der Waals surface area contributed by atoms with Crippen molar-refractivity contribution < 1.29 is 4.39 Å². The first-order valence-electron chi connectivity index (χ1n) is 6.50. The van der Waals surface area contributed by atoms with Gasteiger partial charge in [0.25, 0.3) is 0 Å². The summed E-state index contributed by atoms with van der Waals surface area (Å²) < 4.78 is 13.6. The number of aromatic nitrogens is 2. The van der Waals surface area contributed by atoms with E-state index in [-0.39, 0.29) is 5.82 Å². The van der Waals surface area contributed by atoms with Crippen LogP contribution in [0.25, 0.3) is 11.3 Å². The van der Waals surface area contributed by atoms with Gasteiger partial charge < -0.3 is 5.32 Å². The molecule has 0 spiro atoms. The molecule has 3 rings (SSSR count). The molecule has 0 aliphatic carbocycles. The van der Waals surface area contributed by atoms with Crippen molar-refractivity contribution in [2.24, 2.45) is 0 Å². The summed E-state index contributed by atoms with van der Waals surface area (Å²) in [4.78, 5) is 0. The molecule has 0 unspecified atom stereocenters. The third kappa shape index (κ3) is 3.23. The summed E-state index contributed by atoms with van der Waals surface area (Å²) in [6, 6.07) is 14.3. The van der Waals surface area contributed by atoms with E-state index in [0.717, 1.165) is 16.9 Å². The van der Waals surface area contributed by atoms with Crippen molar-refractivity contribution in [3.8, 4) is 11.3 Å². The maximum Gasteiger partial charge on any atom is 0.128 e. The second kappa shape index (κ2) is 5.97. The zero-order valence-electron chi connectivity index (χ0n) is 11.1. The highest BCUT2D eigenvalue weighted by atomic mass is 35.5. The van der Waals surface area contributed by atoms with Gasteiger partial charge in [-0.1, -0.05) is 23.7 Å². The molecule has 0 aliphatic rings. The van der Waals surface area contributed by atoms with Gasteiger partial charge in [0.2, 0.25) is 0 Å². The summed E-state index contributed by atoms with van der Waals surface area (Å²) in [5.74, 6) is -0.263. The Morgan fingerprint density at radius 1 is 1.10 bits per heavy atom. The summed E-state index contributed by atoms with van der Waals surface area (Å²) in [5, 5.41) is 10.5. The quantitative estimate of drug-likeness (QED) is 0.746. The standard InChI is InChI=1S/C16H13ClFN3/c17-13-3-6-15(18)12(9-13)10-19-14-4-1-11(2-5-14)16-7-8-20-21-16/h1-9,19H,10H2,(H,20,21). The van der Waals surface area contributed by atoms with Gasteiger partial charge in [-0.2, -0.15) is 5.10 Å². The van der Waals surface area contributed by atoms with E-state index < -0.39 is 0 Å². The van der Waals surface area contributed by atoms with Crippen molar-refractivity contribution in [1.29, 1.82) is 0 Å². The molecular weight excluding hydrogens is 289 g/mol. The molecule has 21 heavy (non-hydrogen) atoms. The van der Waals surface area contributed by atoms with Crippen molar-refractivity contribution >= 4 is 17.3 Å². The highest BCUT2D eigenvalue weighted by molar-refractivity contribution is 6.30. The van der Waals surface area contributed by atoms with E-state index in [9.17, 15) is 4.39 Å². The predicted octanol–water partition coefficient (Wildman–Crippen LogP) is 4.48. The zero-order valence-corrected chi connectivity index (χ0v) is 11.9. The minimum atomic E-state index is -0.263. The molecule has 2 aromatic carbocycles. The Balaban J connectivity index is 1.70. The summed E-state index contributed by atoms with van der Waals surface area (Å²) >= 11 is 5.87. The fraction of sp³-hybridized carbons (Fsp3) is 0.0625. The molecule has 2 N–H and O–H groups in total. The molecule has 1 aromatic heterocycles. The predicted molar refractivity (Wildman–Crippen MR) is 82.8 cm³/mol. The van der Waals surface area contributed by atoms with Gasteiger partial charge in [0.1, 0.15) is 5.82 Å². The monoisotopic (exact) mass is 301 g/mol. The number of halogens is 2. The zero-order chi connectivity index (χ0) is 14.7. The van der Waals surface area contributed by atoms with E-state index >= 15 is 0 Å². The first-order valence-corrected chi connectivity index (χ1v) is 6.88. The van der Waals surface area contributed by atoms with Gasteiger partial charge in [0.15, 0.2) is 0 Å². The lowest BCUT2D eigenvalue weighted by atomic mass is 10.1. The van der Waals surface area contributed by atoms with Crippen LogP contribution in [0.1, 0.15) is 5.56 Å². The average Bonchev–Trinajstić information content (AvgIpc) is 3.03. The van der Waals surface area contributed by atoms with Crippen LogP contribution >= 0.6 is 11.6 Å². The van der Waals surface area contributed by atoms with Crippen LogP contribution in [-0.2, 0) is 6.54 Å². The van der Waals surface area contributed by atoms with Gasteiger partial charge in [-0.25, -0.2) is 4.39 Å². The number of aromatic amines is 1. The Kier molecular flexibility index (Phi) is 3.88. The van der Waals surface area contributed by atoms with Crippen LogP contribution in [0, 0.1) is 5.82 Å². The third-order valence-electron chi connectivity index (χ3n) is 3.19. The molecule has 0 aliphatic heterocycles. The van der Waals surface area contributed by atoms with E-state index in [0.29, 0.717) is 17.1 Å². The lowest BCUT2D eigenvalue weighted by molar-refractivity contribution is 0.613. The fourth-order valence-corrected chi connectivity index (χ4v) is 2.26. The van der Waals surface area contributed by atoms with E-state index in [2.05, 4.69) is 15.5 Å². The normalized spacial score (nSPS) is 10.6. The number of nitrogens with one attached hydrogen (secondary N) is 2. The highest BCUT2D eigenvalue weighted by Crippen LogP contribution is 2.20. The summed E-state index contributed by atoms with van der Waals surface area (Å²) in [7, 11) is 0. The molecule has 0 radical (unpaired) electrons. The molecular formula is C16H13ClFN3. The molecule has 0 amide bonds. The number of rotatable bonds is 4. The maximum absolute atomic E-state index is 13.6. The molecule has 3 nitrogen and oxygen atoms in total. The average molecular weight is 302 g/mol. The molecule has 1 heterocycles. The number of nitrogens with zero attached hydrogens (tertiary/aromatic N) is 1. The van der Waals surface area contributed by atoms with Crippen molar-refractivity contribution in [3.05, 3.63) is 71.1 Å². The first-order chi connectivity index (χ1) is 10.2. The lowest BCUT2D eigenvalue weighted by Crippen LogP contribution is -2.01. The Morgan fingerprint density at radius 2 is 1.90 bits per heavy atom. The van der Waals surface area contributed by atoms with E-state index in [1.807, 2.05) is 30.3 Å². The SMILES string of the molecule is Fc1ccc(Cl)cc1CNc1ccc(-c2ccn[nH]2)cc1. The number of anilines is 1. The van der Waals surface area contributed by atoms with Gasteiger partial charge in [0, 0.05) is 29.0 Å². The van der Waals surface area contributed by atoms with Gasteiger partial charge >= 0.3 is 0 Å². The number of H-pyrrole nitrogens is 1. The van der Waals surface area contributed by atoms with Crippen LogP contribution in [-0.4, -0.2) is 10.2 Å². The molecule has 3 aromatic rings. The minimum Gasteiger partial charge on any atom is -0.381 e. The van der Waals surface area contributed by atoms with E-state index in [1.54, 1.807) is 18.3 Å². The molecule has 0 fully saturated rings. The van der Waals surface area contributed by atoms with Crippen LogP contribution in [0.4, 0.5) is 10.1 Å². The lowest BCUT2D eigenvalue weighted by Gasteiger charge is -2.08. The molecule has 0 bridgehead atoms. The maximum atomic E-state index is 13.6. The van der Waals surface area contributed by atoms with Gasteiger partial charge in [-0.3, -0.25) is 5.10 Å². The van der Waals surface area contributed by atoms with Crippen LogP contribution in [0.5, 0.6) is 0 Å². The number of benzene rings is 2. The number of hydrogen-bond donors (Lipinski definition) is 2. The van der Waals surface area contributed by atoms with Crippen LogP contribution < -0.4 is 5.32 Å². The third-order valence-corrected chi connectivity index (χ3v) is 3.42.